The second-order valence-corrected chi connectivity index (χ2v) is 13.3. The van der Waals surface area contributed by atoms with Crippen LogP contribution in [0.5, 0.6) is 0 Å². The summed E-state index contributed by atoms with van der Waals surface area (Å²) in [5, 5.41) is 6.15. The minimum atomic E-state index is 1.06. The van der Waals surface area contributed by atoms with E-state index in [9.17, 15) is 0 Å². The lowest BCUT2D eigenvalue weighted by molar-refractivity contribution is 1.29. The minimum absolute atomic E-state index is 1.06. The van der Waals surface area contributed by atoms with Gasteiger partial charge in [-0.25, -0.2) is 4.98 Å². The van der Waals surface area contributed by atoms with Crippen LogP contribution < -0.4 is 4.90 Å². The summed E-state index contributed by atoms with van der Waals surface area (Å²) in [6, 6.07) is 56.6. The van der Waals surface area contributed by atoms with Crippen LogP contribution >= 0.6 is 22.7 Å². The van der Waals surface area contributed by atoms with Gasteiger partial charge < -0.3 is 4.90 Å². The zero-order chi connectivity index (χ0) is 29.7. The van der Waals surface area contributed by atoms with Crippen molar-refractivity contribution in [2.45, 2.75) is 0 Å². The molecule has 0 saturated carbocycles. The summed E-state index contributed by atoms with van der Waals surface area (Å²) < 4.78 is 3.83. The van der Waals surface area contributed by atoms with Gasteiger partial charge in [0.05, 0.1) is 10.2 Å². The fourth-order valence-corrected chi connectivity index (χ4v) is 8.56. The molecule has 0 amide bonds. The van der Waals surface area contributed by atoms with Crippen LogP contribution in [-0.4, -0.2) is 4.98 Å². The molecule has 0 radical (unpaired) electrons. The number of rotatable bonds is 5. The van der Waals surface area contributed by atoms with Crippen LogP contribution in [-0.2, 0) is 0 Å². The largest absolute Gasteiger partial charge is 0.310 e. The molecule has 0 bridgehead atoms. The molecule has 0 atom stereocenters. The maximum absolute atomic E-state index is 5.03. The molecule has 9 rings (SSSR count). The molecule has 0 aliphatic rings. The fraction of sp³-hybridized carbons (Fsp3) is 0. The van der Waals surface area contributed by atoms with Gasteiger partial charge in [0, 0.05) is 42.8 Å². The highest BCUT2D eigenvalue weighted by atomic mass is 32.1. The molecule has 212 valence electrons. The highest BCUT2D eigenvalue weighted by Gasteiger charge is 2.18. The van der Waals surface area contributed by atoms with Crippen LogP contribution in [0.3, 0.4) is 0 Å². The monoisotopic (exact) mass is 610 g/mol. The number of para-hydroxylation sites is 1. The number of anilines is 3. The van der Waals surface area contributed by atoms with Crippen molar-refractivity contribution >= 4 is 80.9 Å². The third-order valence-corrected chi connectivity index (χ3v) is 10.7. The predicted octanol–water partition coefficient (Wildman–Crippen LogP) is 12.6. The molecular formula is C41H26N2S2. The van der Waals surface area contributed by atoms with Gasteiger partial charge in [0.25, 0.3) is 0 Å². The van der Waals surface area contributed by atoms with Gasteiger partial charge in [-0.2, -0.15) is 0 Å². The minimum Gasteiger partial charge on any atom is -0.310 e. The smallest absolute Gasteiger partial charge is 0.124 e. The first-order chi connectivity index (χ1) is 22.3. The number of aromatic nitrogens is 1. The quantitative estimate of drug-likeness (QED) is 0.193. The Kier molecular flexibility index (Phi) is 6.22. The van der Waals surface area contributed by atoms with Crippen LogP contribution in [0, 0.1) is 0 Å². The number of fused-ring (bicyclic) bond motifs is 6. The molecule has 7 aromatic carbocycles. The van der Waals surface area contributed by atoms with Crippen LogP contribution in [0.2, 0.25) is 0 Å². The first-order valence-electron chi connectivity index (χ1n) is 15.0. The molecule has 9 aromatic rings. The van der Waals surface area contributed by atoms with Crippen molar-refractivity contribution in [1.29, 1.82) is 0 Å². The van der Waals surface area contributed by atoms with E-state index in [1.54, 1.807) is 11.3 Å². The van der Waals surface area contributed by atoms with Gasteiger partial charge >= 0.3 is 0 Å². The average Bonchev–Trinajstić information content (AvgIpc) is 3.71. The van der Waals surface area contributed by atoms with Crippen molar-refractivity contribution in [2.75, 3.05) is 4.90 Å². The van der Waals surface area contributed by atoms with Crippen LogP contribution in [0.15, 0.2) is 158 Å². The van der Waals surface area contributed by atoms with E-state index in [1.165, 1.54) is 46.8 Å². The SMILES string of the molecule is c1ccc(-c2nc3ccc4sc5ccc(N(c6ccccc6)c6ccc(-c7ccc8ccccc8c7)cc6)cc5c4c3s2)cc1. The first-order valence-corrected chi connectivity index (χ1v) is 16.7. The van der Waals surface area contributed by atoms with Gasteiger partial charge in [-0.3, -0.25) is 0 Å². The molecule has 0 aliphatic carbocycles. The first kappa shape index (κ1) is 26.1. The van der Waals surface area contributed by atoms with E-state index in [0.29, 0.717) is 0 Å². The lowest BCUT2D eigenvalue weighted by Gasteiger charge is -2.26. The van der Waals surface area contributed by atoms with E-state index in [0.717, 1.165) is 33.1 Å². The average molecular weight is 611 g/mol. The van der Waals surface area contributed by atoms with Gasteiger partial charge in [0.2, 0.25) is 0 Å². The molecule has 0 fully saturated rings. The Morgan fingerprint density at radius 1 is 0.444 bits per heavy atom. The lowest BCUT2D eigenvalue weighted by atomic mass is 10.0. The number of thiophene rings is 1. The molecule has 4 heteroatoms. The summed E-state index contributed by atoms with van der Waals surface area (Å²) >= 11 is 3.64. The van der Waals surface area contributed by atoms with Gasteiger partial charge in [-0.1, -0.05) is 97.1 Å². The van der Waals surface area contributed by atoms with E-state index < -0.39 is 0 Å². The third-order valence-electron chi connectivity index (χ3n) is 8.47. The number of thiazole rings is 1. The second-order valence-electron chi connectivity index (χ2n) is 11.2. The molecule has 0 saturated heterocycles. The Morgan fingerprint density at radius 2 is 1.11 bits per heavy atom. The van der Waals surface area contributed by atoms with Crippen molar-refractivity contribution in [3.05, 3.63) is 158 Å². The summed E-state index contributed by atoms with van der Waals surface area (Å²) in [7, 11) is 0. The summed E-state index contributed by atoms with van der Waals surface area (Å²) in [6.07, 6.45) is 0. The van der Waals surface area contributed by atoms with E-state index in [-0.39, 0.29) is 0 Å². The number of hydrogen-bond acceptors (Lipinski definition) is 4. The Balaban J connectivity index is 1.17. The molecule has 0 spiro atoms. The molecule has 2 aromatic heterocycles. The van der Waals surface area contributed by atoms with E-state index in [4.69, 9.17) is 4.98 Å². The van der Waals surface area contributed by atoms with Crippen molar-refractivity contribution in [3.8, 4) is 21.7 Å². The standard InChI is InChI=1S/C41H26N2S2/c1-3-10-29(11-4-1)41-42-36-22-24-38-39(40(36)45-41)35-26-34(21-23-37(35)44-38)43(32-13-5-2-6-14-32)33-19-17-28(18-20-33)31-16-15-27-9-7-8-12-30(27)25-31/h1-26H. The number of hydrogen-bond donors (Lipinski definition) is 0. The van der Waals surface area contributed by atoms with Crippen molar-refractivity contribution in [2.24, 2.45) is 0 Å². The van der Waals surface area contributed by atoms with Gasteiger partial charge in [0.15, 0.2) is 0 Å². The van der Waals surface area contributed by atoms with Gasteiger partial charge in [-0.05, 0) is 82.6 Å². The molecule has 0 aliphatic heterocycles. The Hall–Kier alpha value is -5.29. The lowest BCUT2D eigenvalue weighted by Crippen LogP contribution is -2.09. The maximum Gasteiger partial charge on any atom is 0.124 e. The summed E-state index contributed by atoms with van der Waals surface area (Å²) in [4.78, 5) is 7.39. The molecule has 0 unspecified atom stereocenters. The molecular weight excluding hydrogens is 585 g/mol. The zero-order valence-corrected chi connectivity index (χ0v) is 25.9. The van der Waals surface area contributed by atoms with E-state index in [1.807, 2.05) is 11.3 Å². The molecule has 45 heavy (non-hydrogen) atoms. The van der Waals surface area contributed by atoms with Gasteiger partial charge in [0.1, 0.15) is 5.01 Å². The van der Waals surface area contributed by atoms with Gasteiger partial charge in [-0.15, -0.1) is 22.7 Å². The maximum atomic E-state index is 5.03. The Bertz CT molecular complexity index is 2480. The van der Waals surface area contributed by atoms with Crippen molar-refractivity contribution in [1.82, 2.24) is 4.98 Å². The summed E-state index contributed by atoms with van der Waals surface area (Å²) in [5.41, 5.74) is 8.04. The number of nitrogens with zero attached hydrogens (tertiary/aromatic N) is 2. The Labute approximate surface area is 269 Å². The van der Waals surface area contributed by atoms with Crippen molar-refractivity contribution in [3.63, 3.8) is 0 Å². The fourth-order valence-electron chi connectivity index (χ4n) is 6.27. The molecule has 0 N–H and O–H groups in total. The predicted molar refractivity (Wildman–Crippen MR) is 196 cm³/mol. The number of benzene rings is 7. The normalized spacial score (nSPS) is 11.6. The van der Waals surface area contributed by atoms with E-state index in [2.05, 4.69) is 163 Å². The van der Waals surface area contributed by atoms with Crippen molar-refractivity contribution < 1.29 is 0 Å². The second kappa shape index (κ2) is 10.7. The third kappa shape index (κ3) is 4.58. The molecule has 2 nitrogen and oxygen atoms in total. The zero-order valence-electron chi connectivity index (χ0n) is 24.2. The summed E-state index contributed by atoms with van der Waals surface area (Å²) in [6.45, 7) is 0. The molecule has 2 heterocycles. The summed E-state index contributed by atoms with van der Waals surface area (Å²) in [5.74, 6) is 0. The van der Waals surface area contributed by atoms with Crippen LogP contribution in [0.1, 0.15) is 0 Å². The Morgan fingerprint density at radius 3 is 1.93 bits per heavy atom. The topological polar surface area (TPSA) is 16.1 Å². The van der Waals surface area contributed by atoms with E-state index >= 15 is 0 Å². The highest BCUT2D eigenvalue weighted by molar-refractivity contribution is 7.28. The van der Waals surface area contributed by atoms with Crippen LogP contribution in [0.25, 0.3) is 62.9 Å². The van der Waals surface area contributed by atoms with Crippen LogP contribution in [0.4, 0.5) is 17.1 Å². The highest BCUT2D eigenvalue weighted by Crippen LogP contribution is 2.45.